The van der Waals surface area contributed by atoms with Crippen LogP contribution in [0.2, 0.25) is 10.0 Å². The summed E-state index contributed by atoms with van der Waals surface area (Å²) in [6.45, 7) is -1.39. The van der Waals surface area contributed by atoms with E-state index in [1.54, 1.807) is 12.1 Å². The van der Waals surface area contributed by atoms with Crippen molar-refractivity contribution in [2.45, 2.75) is 74.4 Å². The van der Waals surface area contributed by atoms with Gasteiger partial charge in [0.05, 0.1) is 12.7 Å². The summed E-state index contributed by atoms with van der Waals surface area (Å²) >= 11 is 20.1. The standard InChI is InChI=1S/C27H35Cl3O8S/c28-15-8-14(9-16(29)10-15)4-6-19-18(20(30)11-21(19)32)3-1-2-17-5-7-24(39-17)27(37)38-13-23(34)26(36)25(35)22(33)12-31/h5,7-10,18-23,25-26,31-36H,1-4,6,11-13H2. The third-order valence-electron chi connectivity index (χ3n) is 7.20. The molecule has 0 spiro atoms. The number of benzene rings is 1. The van der Waals surface area contributed by atoms with E-state index in [0.29, 0.717) is 21.3 Å². The van der Waals surface area contributed by atoms with Crippen molar-refractivity contribution in [1.29, 1.82) is 0 Å². The third-order valence-corrected chi connectivity index (χ3v) is 9.26. The topological polar surface area (TPSA) is 148 Å². The van der Waals surface area contributed by atoms with Crippen molar-refractivity contribution < 1.29 is 40.2 Å². The summed E-state index contributed by atoms with van der Waals surface area (Å²) in [5.74, 6) is -0.457. The largest absolute Gasteiger partial charge is 0.459 e. The molecule has 1 aromatic heterocycles. The zero-order valence-corrected chi connectivity index (χ0v) is 24.3. The molecule has 1 aliphatic carbocycles. The lowest BCUT2D eigenvalue weighted by molar-refractivity contribution is -0.124. The number of carbonyl (C=O) groups excluding carboxylic acids is 1. The average Bonchev–Trinajstić information content (AvgIpc) is 3.47. The van der Waals surface area contributed by atoms with Crippen molar-refractivity contribution in [3.05, 3.63) is 55.7 Å². The number of aliphatic hydroxyl groups excluding tert-OH is 6. The van der Waals surface area contributed by atoms with E-state index in [-0.39, 0.29) is 17.2 Å². The molecule has 6 N–H and O–H groups in total. The predicted molar refractivity (Wildman–Crippen MR) is 151 cm³/mol. The van der Waals surface area contributed by atoms with E-state index in [0.717, 1.165) is 42.5 Å². The summed E-state index contributed by atoms with van der Waals surface area (Å²) < 4.78 is 5.04. The second-order valence-corrected chi connectivity index (χ2v) is 12.6. The van der Waals surface area contributed by atoms with Crippen molar-refractivity contribution in [3.8, 4) is 0 Å². The maximum absolute atomic E-state index is 12.4. The van der Waals surface area contributed by atoms with Crippen molar-refractivity contribution >= 4 is 52.1 Å². The molecule has 39 heavy (non-hydrogen) atoms. The second kappa shape index (κ2) is 15.3. The van der Waals surface area contributed by atoms with Gasteiger partial charge in [-0.3, -0.25) is 0 Å². The molecule has 3 rings (SSSR count). The third kappa shape index (κ3) is 9.26. The van der Waals surface area contributed by atoms with Gasteiger partial charge in [-0.15, -0.1) is 22.9 Å². The van der Waals surface area contributed by atoms with Gasteiger partial charge in [0.25, 0.3) is 0 Å². The summed E-state index contributed by atoms with van der Waals surface area (Å²) in [6, 6.07) is 8.91. The molecule has 0 aliphatic heterocycles. The summed E-state index contributed by atoms with van der Waals surface area (Å²) in [6.07, 6.45) is -2.88. The molecule has 1 fully saturated rings. The van der Waals surface area contributed by atoms with Crippen LogP contribution in [0.15, 0.2) is 30.3 Å². The fourth-order valence-electron chi connectivity index (χ4n) is 5.05. The molecule has 12 heteroatoms. The lowest BCUT2D eigenvalue weighted by Crippen LogP contribution is -2.47. The molecule has 218 valence electrons. The van der Waals surface area contributed by atoms with Crippen LogP contribution in [0.3, 0.4) is 0 Å². The van der Waals surface area contributed by atoms with Crippen LogP contribution in [0.25, 0.3) is 0 Å². The summed E-state index contributed by atoms with van der Waals surface area (Å²) in [5, 5.41) is 59.3. The molecule has 0 radical (unpaired) electrons. The molecule has 0 bridgehead atoms. The van der Waals surface area contributed by atoms with Crippen molar-refractivity contribution in [2.24, 2.45) is 11.8 Å². The quantitative estimate of drug-likeness (QED) is 0.139. The maximum Gasteiger partial charge on any atom is 0.348 e. The molecule has 0 amide bonds. The molecule has 0 saturated heterocycles. The van der Waals surface area contributed by atoms with Crippen LogP contribution < -0.4 is 0 Å². The van der Waals surface area contributed by atoms with Crippen molar-refractivity contribution in [1.82, 2.24) is 0 Å². The van der Waals surface area contributed by atoms with E-state index in [9.17, 15) is 30.3 Å². The van der Waals surface area contributed by atoms with Gasteiger partial charge in [0.15, 0.2) is 0 Å². The number of hydrogen-bond acceptors (Lipinski definition) is 9. The maximum atomic E-state index is 12.4. The van der Waals surface area contributed by atoms with Crippen molar-refractivity contribution in [3.63, 3.8) is 0 Å². The van der Waals surface area contributed by atoms with Gasteiger partial charge in [0, 0.05) is 20.3 Å². The number of aliphatic hydroxyl groups is 6. The first-order valence-electron chi connectivity index (χ1n) is 12.9. The van der Waals surface area contributed by atoms with Crippen LogP contribution >= 0.6 is 46.1 Å². The number of esters is 1. The van der Waals surface area contributed by atoms with Gasteiger partial charge >= 0.3 is 5.97 Å². The van der Waals surface area contributed by atoms with Gasteiger partial charge < -0.3 is 35.4 Å². The van der Waals surface area contributed by atoms with E-state index in [1.807, 2.05) is 18.2 Å². The Balaban J connectivity index is 1.46. The lowest BCUT2D eigenvalue weighted by Gasteiger charge is -2.25. The number of aryl methyl sites for hydroxylation is 2. The first-order valence-corrected chi connectivity index (χ1v) is 14.9. The number of rotatable bonds is 14. The summed E-state index contributed by atoms with van der Waals surface area (Å²) in [5.41, 5.74) is 1.02. The fourth-order valence-corrected chi connectivity index (χ4v) is 7.06. The Kier molecular flexibility index (Phi) is 12.8. The Morgan fingerprint density at radius 2 is 1.64 bits per heavy atom. The fraction of sp³-hybridized carbons (Fsp3) is 0.593. The van der Waals surface area contributed by atoms with Gasteiger partial charge in [-0.2, -0.15) is 0 Å². The Labute approximate surface area is 246 Å². The van der Waals surface area contributed by atoms with Crippen LogP contribution in [0.4, 0.5) is 0 Å². The van der Waals surface area contributed by atoms with Gasteiger partial charge in [-0.1, -0.05) is 23.2 Å². The van der Waals surface area contributed by atoms with Gasteiger partial charge in [0.2, 0.25) is 0 Å². The molecule has 1 aromatic carbocycles. The highest BCUT2D eigenvalue weighted by Crippen LogP contribution is 2.42. The van der Waals surface area contributed by atoms with E-state index >= 15 is 0 Å². The van der Waals surface area contributed by atoms with Gasteiger partial charge in [-0.25, -0.2) is 4.79 Å². The summed E-state index contributed by atoms with van der Waals surface area (Å²) in [4.78, 5) is 13.7. The number of ether oxygens (including phenoxy) is 1. The molecule has 8 nitrogen and oxygen atoms in total. The second-order valence-electron chi connectivity index (χ2n) is 10.0. The average molecular weight is 626 g/mol. The van der Waals surface area contributed by atoms with Crippen molar-refractivity contribution in [2.75, 3.05) is 13.2 Å². The highest BCUT2D eigenvalue weighted by atomic mass is 35.5. The Hall–Kier alpha value is -0.980. The first kappa shape index (κ1) is 32.5. The molecule has 1 heterocycles. The molecular formula is C27H35Cl3O8S. The molecule has 8 unspecified atom stereocenters. The number of alkyl halides is 1. The molecular weight excluding hydrogens is 591 g/mol. The minimum absolute atomic E-state index is 0.0675. The van der Waals surface area contributed by atoms with Crippen LogP contribution in [-0.4, -0.2) is 85.7 Å². The number of carbonyl (C=O) groups is 1. The molecule has 1 saturated carbocycles. The van der Waals surface area contributed by atoms with Crippen LogP contribution in [0.1, 0.15) is 45.8 Å². The van der Waals surface area contributed by atoms with E-state index in [4.69, 9.17) is 44.6 Å². The predicted octanol–water partition coefficient (Wildman–Crippen LogP) is 3.21. The molecule has 2 aromatic rings. The zero-order valence-electron chi connectivity index (χ0n) is 21.2. The summed E-state index contributed by atoms with van der Waals surface area (Å²) in [7, 11) is 0. The number of hydrogen-bond donors (Lipinski definition) is 6. The van der Waals surface area contributed by atoms with Gasteiger partial charge in [-0.05, 0) is 86.3 Å². The first-order chi connectivity index (χ1) is 18.5. The highest BCUT2D eigenvalue weighted by molar-refractivity contribution is 7.13. The number of thiophene rings is 1. The monoisotopic (exact) mass is 624 g/mol. The lowest BCUT2D eigenvalue weighted by atomic mass is 9.85. The molecule has 1 aliphatic rings. The smallest absolute Gasteiger partial charge is 0.348 e. The normalized spacial score (nSPS) is 24.3. The number of halogens is 3. The highest BCUT2D eigenvalue weighted by Gasteiger charge is 2.40. The van der Waals surface area contributed by atoms with Crippen LogP contribution in [0, 0.1) is 11.8 Å². The Bertz CT molecular complexity index is 1050. The minimum Gasteiger partial charge on any atom is -0.459 e. The molecule has 8 atom stereocenters. The van der Waals surface area contributed by atoms with E-state index < -0.39 is 49.7 Å². The Morgan fingerprint density at radius 1 is 0.974 bits per heavy atom. The van der Waals surface area contributed by atoms with Crippen LogP contribution in [0.5, 0.6) is 0 Å². The van der Waals surface area contributed by atoms with Gasteiger partial charge in [0.1, 0.15) is 35.9 Å². The SMILES string of the molecule is O=C(OCC(O)C(O)C(O)C(O)CO)c1ccc(CCCC2C(Cl)CC(O)C2CCc2cc(Cl)cc(Cl)c2)s1. The van der Waals surface area contributed by atoms with E-state index in [1.165, 1.54) is 11.3 Å². The van der Waals surface area contributed by atoms with E-state index in [2.05, 4.69) is 0 Å². The zero-order chi connectivity index (χ0) is 28.7. The van der Waals surface area contributed by atoms with Crippen LogP contribution in [-0.2, 0) is 17.6 Å². The minimum atomic E-state index is -1.80. The Morgan fingerprint density at radius 3 is 2.31 bits per heavy atom.